The third-order valence-corrected chi connectivity index (χ3v) is 11.9. The number of hydrogen-bond donors (Lipinski definition) is 1. The zero-order chi connectivity index (χ0) is 31.8. The second kappa shape index (κ2) is 12.7. The average Bonchev–Trinajstić information content (AvgIpc) is 3.59. The van der Waals surface area contributed by atoms with Crippen molar-refractivity contribution in [3.05, 3.63) is 59.0 Å². The van der Waals surface area contributed by atoms with E-state index in [0.29, 0.717) is 44.6 Å². The van der Waals surface area contributed by atoms with E-state index in [1.807, 2.05) is 25.1 Å². The number of ether oxygens (including phenoxy) is 1. The van der Waals surface area contributed by atoms with Crippen molar-refractivity contribution in [2.24, 2.45) is 5.92 Å². The van der Waals surface area contributed by atoms with Gasteiger partial charge in [0.15, 0.2) is 5.60 Å². The van der Waals surface area contributed by atoms with Crippen LogP contribution in [-0.4, -0.2) is 66.1 Å². The quantitative estimate of drug-likeness (QED) is 0.146. The Morgan fingerprint density at radius 1 is 1.23 bits per heavy atom. The smallest absolute Gasteiger partial charge is 0.264 e. The van der Waals surface area contributed by atoms with Crippen molar-refractivity contribution in [1.82, 2.24) is 15.0 Å². The summed E-state index contributed by atoms with van der Waals surface area (Å²) in [4.78, 5) is 30.5. The van der Waals surface area contributed by atoms with Gasteiger partial charge in [0.25, 0.3) is 5.91 Å². The summed E-state index contributed by atoms with van der Waals surface area (Å²) < 4.78 is 24.8. The zero-order valence-electron chi connectivity index (χ0n) is 26.8. The molecule has 2 amide bonds. The maximum atomic E-state index is 16.2. The molecule has 1 spiro atoms. The first-order valence-electron chi connectivity index (χ1n) is 15.8. The van der Waals surface area contributed by atoms with E-state index in [0.717, 1.165) is 29.8 Å². The highest BCUT2D eigenvalue weighted by Gasteiger charge is 2.66. The minimum absolute atomic E-state index is 0.0125. The molecule has 0 saturated carbocycles. The molecule has 3 aliphatic heterocycles. The zero-order valence-corrected chi connectivity index (χ0v) is 27.8. The standard InChI is InChI=1S/C33H46FN5O4Si/c1-22(2)8-7-9-23(3)12-17-39-28-11-10-26(38-18-14-30(38)41)20-27(28)33(32(39)42)24(4)31(44(5,6)34)29(43-33)13-16-37-21-25(15-19-40)35-36-37/h8,10-12,20-21,24,29,31,40H,7,9,13-19H2,1-6H3/b23-12+/t24-,29+,31-,33+/m0/s1. The number of aliphatic hydroxyl groups excluding tert-OH is 1. The number of fused-ring (bicyclic) bond motifs is 2. The lowest BCUT2D eigenvalue weighted by atomic mass is 9.82. The van der Waals surface area contributed by atoms with E-state index < -0.39 is 31.6 Å². The molecular formula is C33H46FN5O4Si. The summed E-state index contributed by atoms with van der Waals surface area (Å²) in [5.74, 6) is -0.532. The fraction of sp³-hybridized carbons (Fsp3) is 0.576. The number of halogens is 1. The first-order chi connectivity index (χ1) is 20.9. The summed E-state index contributed by atoms with van der Waals surface area (Å²) in [7, 11) is -3.32. The van der Waals surface area contributed by atoms with Crippen LogP contribution in [0.4, 0.5) is 15.5 Å². The minimum Gasteiger partial charge on any atom is -0.396 e. The Labute approximate surface area is 260 Å². The molecule has 1 aromatic heterocycles. The van der Waals surface area contributed by atoms with Gasteiger partial charge in [-0.2, -0.15) is 0 Å². The molecule has 4 atom stereocenters. The van der Waals surface area contributed by atoms with Gasteiger partial charge in [-0.25, -0.2) is 0 Å². The van der Waals surface area contributed by atoms with Gasteiger partial charge < -0.3 is 23.8 Å². The van der Waals surface area contributed by atoms with E-state index in [2.05, 4.69) is 43.2 Å². The number of hydrogen-bond acceptors (Lipinski definition) is 6. The van der Waals surface area contributed by atoms with Crippen LogP contribution in [0.3, 0.4) is 0 Å². The summed E-state index contributed by atoms with van der Waals surface area (Å²) in [6.45, 7) is 13.1. The normalized spacial score (nSPS) is 25.2. The van der Waals surface area contributed by atoms with E-state index in [9.17, 15) is 14.7 Å². The Kier molecular flexibility index (Phi) is 9.30. The predicted octanol–water partition coefficient (Wildman–Crippen LogP) is 5.45. The first kappa shape index (κ1) is 32.2. The van der Waals surface area contributed by atoms with E-state index in [1.165, 1.54) is 11.1 Å². The van der Waals surface area contributed by atoms with Crippen molar-refractivity contribution in [2.75, 3.05) is 29.5 Å². The van der Waals surface area contributed by atoms with E-state index >= 15 is 4.11 Å². The number of β-lactam (4-membered cyclic amide) rings is 1. The van der Waals surface area contributed by atoms with Crippen LogP contribution in [0.15, 0.2) is 47.7 Å². The van der Waals surface area contributed by atoms with Crippen molar-refractivity contribution < 1.29 is 23.5 Å². The number of benzene rings is 1. The highest BCUT2D eigenvalue weighted by atomic mass is 28.4. The second-order valence-electron chi connectivity index (χ2n) is 13.3. The number of rotatable bonds is 12. The summed E-state index contributed by atoms with van der Waals surface area (Å²) in [6.07, 6.45) is 8.84. The number of carbonyl (C=O) groups is 2. The summed E-state index contributed by atoms with van der Waals surface area (Å²) in [6, 6.07) is 5.75. The van der Waals surface area contributed by atoms with E-state index in [1.54, 1.807) is 33.8 Å². The number of carbonyl (C=O) groups excluding carboxylic acids is 2. The molecule has 0 aliphatic carbocycles. The van der Waals surface area contributed by atoms with Crippen molar-refractivity contribution in [2.45, 2.75) is 96.7 Å². The number of allylic oxidation sites excluding steroid dienone is 3. The molecule has 1 aromatic carbocycles. The lowest BCUT2D eigenvalue weighted by molar-refractivity contribution is -0.145. The van der Waals surface area contributed by atoms with Crippen LogP contribution in [0.25, 0.3) is 0 Å². The maximum Gasteiger partial charge on any atom is 0.264 e. The molecule has 2 saturated heterocycles. The van der Waals surface area contributed by atoms with Gasteiger partial charge in [0.05, 0.1) is 17.5 Å². The fourth-order valence-electron chi connectivity index (χ4n) is 7.12. The molecule has 5 rings (SSSR count). The molecule has 3 aliphatic rings. The molecule has 9 nitrogen and oxygen atoms in total. The molecular weight excluding hydrogens is 577 g/mol. The van der Waals surface area contributed by atoms with Crippen molar-refractivity contribution >= 4 is 31.6 Å². The van der Waals surface area contributed by atoms with Crippen LogP contribution in [0.5, 0.6) is 0 Å². The molecule has 11 heteroatoms. The third-order valence-electron chi connectivity index (χ3n) is 9.42. The molecule has 0 unspecified atom stereocenters. The largest absolute Gasteiger partial charge is 0.396 e. The van der Waals surface area contributed by atoms with Gasteiger partial charge in [-0.1, -0.05) is 35.4 Å². The van der Waals surface area contributed by atoms with Gasteiger partial charge in [0.1, 0.15) is 0 Å². The molecule has 0 radical (unpaired) electrons. The highest BCUT2D eigenvalue weighted by Crippen LogP contribution is 2.60. The Morgan fingerprint density at radius 3 is 2.64 bits per heavy atom. The van der Waals surface area contributed by atoms with Crippen LogP contribution < -0.4 is 9.80 Å². The predicted molar refractivity (Wildman–Crippen MR) is 172 cm³/mol. The number of nitrogens with zero attached hydrogens (tertiary/aromatic N) is 5. The van der Waals surface area contributed by atoms with E-state index in [-0.39, 0.29) is 18.4 Å². The van der Waals surface area contributed by atoms with E-state index in [4.69, 9.17) is 4.74 Å². The number of aryl methyl sites for hydroxylation is 1. The third kappa shape index (κ3) is 6.06. The number of aromatic nitrogens is 3. The lowest BCUT2D eigenvalue weighted by Crippen LogP contribution is -2.45. The summed E-state index contributed by atoms with van der Waals surface area (Å²) in [5, 5.41) is 17.5. The molecule has 0 bridgehead atoms. The molecule has 44 heavy (non-hydrogen) atoms. The molecule has 1 N–H and O–H groups in total. The number of anilines is 2. The SMILES string of the molecule is CC(C)=CCC/C(C)=C/CN1C(=O)[C@]2(O[C@H](CCn3cc(CCO)nn3)[C@@H]([Si](C)(C)F)[C@@H]2C)c2cc(N3CCC3=O)ccc21. The highest BCUT2D eigenvalue weighted by molar-refractivity contribution is 6.72. The Morgan fingerprint density at radius 2 is 2.00 bits per heavy atom. The van der Waals surface area contributed by atoms with Gasteiger partial charge in [-0.15, -0.1) is 5.10 Å². The lowest BCUT2D eigenvalue weighted by Gasteiger charge is -2.33. The van der Waals surface area contributed by atoms with Gasteiger partial charge in [0, 0.05) is 68.0 Å². The minimum atomic E-state index is -3.32. The first-order valence-corrected chi connectivity index (χ1v) is 18.7. The van der Waals surface area contributed by atoms with Gasteiger partial charge >= 0.3 is 0 Å². The molecule has 4 heterocycles. The second-order valence-corrected chi connectivity index (χ2v) is 17.1. The van der Waals surface area contributed by atoms with Gasteiger partial charge in [0.2, 0.25) is 14.3 Å². The van der Waals surface area contributed by atoms with Crippen LogP contribution in [0.2, 0.25) is 18.6 Å². The van der Waals surface area contributed by atoms with Gasteiger partial charge in [-0.05, 0) is 71.3 Å². The fourth-order valence-corrected chi connectivity index (χ4v) is 9.66. The molecule has 2 fully saturated rings. The number of aliphatic hydroxyl groups is 1. The van der Waals surface area contributed by atoms with Crippen LogP contribution >= 0.6 is 0 Å². The van der Waals surface area contributed by atoms with Crippen LogP contribution in [0, 0.1) is 5.92 Å². The topological polar surface area (TPSA) is 101 Å². The van der Waals surface area contributed by atoms with Crippen molar-refractivity contribution in [3.8, 4) is 0 Å². The Hall–Kier alpha value is -3.15. The Bertz CT molecular complexity index is 1460. The molecule has 238 valence electrons. The monoisotopic (exact) mass is 623 g/mol. The van der Waals surface area contributed by atoms with Crippen LogP contribution in [-0.2, 0) is 32.9 Å². The van der Waals surface area contributed by atoms with Crippen molar-refractivity contribution in [3.63, 3.8) is 0 Å². The summed E-state index contributed by atoms with van der Waals surface area (Å²) >= 11 is 0. The van der Waals surface area contributed by atoms with Gasteiger partial charge in [-0.3, -0.25) is 14.3 Å². The average molecular weight is 624 g/mol. The summed E-state index contributed by atoms with van der Waals surface area (Å²) in [5.41, 5.74) is 3.61. The number of amides is 2. The van der Waals surface area contributed by atoms with Crippen LogP contribution in [0.1, 0.15) is 64.6 Å². The maximum absolute atomic E-state index is 16.2. The Balaban J connectivity index is 1.49. The molecule has 2 aromatic rings. The van der Waals surface area contributed by atoms with Crippen molar-refractivity contribution in [1.29, 1.82) is 0 Å².